The number of para-hydroxylation sites is 2. The molecule has 1 aliphatic heterocycles. The summed E-state index contributed by atoms with van der Waals surface area (Å²) in [5, 5.41) is 0. The number of esters is 1. The van der Waals surface area contributed by atoms with Gasteiger partial charge >= 0.3 is 5.97 Å². The van der Waals surface area contributed by atoms with Crippen LogP contribution < -0.4 is 4.74 Å². The largest absolute Gasteiger partial charge is 0.497 e. The zero-order valence-corrected chi connectivity index (χ0v) is 17.7. The van der Waals surface area contributed by atoms with Gasteiger partial charge in [-0.2, -0.15) is 0 Å². The van der Waals surface area contributed by atoms with Crippen LogP contribution in [0.2, 0.25) is 0 Å². The molecule has 1 aromatic heterocycles. The number of methoxy groups -OCH3 is 1. The number of piperidine rings is 1. The van der Waals surface area contributed by atoms with E-state index in [1.807, 2.05) is 49.4 Å². The normalized spacial score (nSPS) is 19.7. The molecule has 1 aliphatic rings. The van der Waals surface area contributed by atoms with E-state index >= 15 is 0 Å². The first-order chi connectivity index (χ1) is 14.6. The Bertz CT molecular complexity index is 983. The van der Waals surface area contributed by atoms with E-state index < -0.39 is 5.41 Å². The molecule has 0 amide bonds. The van der Waals surface area contributed by atoms with Crippen molar-refractivity contribution in [2.45, 2.75) is 32.7 Å². The third-order valence-electron chi connectivity index (χ3n) is 5.85. The average molecular weight is 408 g/mol. The Morgan fingerprint density at radius 1 is 1.23 bits per heavy atom. The summed E-state index contributed by atoms with van der Waals surface area (Å²) in [6, 6.07) is 16.0. The van der Waals surface area contributed by atoms with Gasteiger partial charge in [0.25, 0.3) is 0 Å². The van der Waals surface area contributed by atoms with Crippen LogP contribution in [0.3, 0.4) is 0 Å². The van der Waals surface area contributed by atoms with E-state index in [1.54, 1.807) is 7.11 Å². The zero-order chi connectivity index (χ0) is 21.0. The SMILES string of the molecule is CCOC(=O)[C@]1(Cc2cccc(OC)c2)CCCN(Cc2nc3ccccc3[nH]2)C1. The van der Waals surface area contributed by atoms with Crippen molar-refractivity contribution in [1.29, 1.82) is 0 Å². The molecule has 2 heterocycles. The minimum atomic E-state index is -0.563. The van der Waals surface area contributed by atoms with Gasteiger partial charge in [0, 0.05) is 6.54 Å². The minimum absolute atomic E-state index is 0.109. The second-order valence-electron chi connectivity index (χ2n) is 8.04. The van der Waals surface area contributed by atoms with Gasteiger partial charge in [0.1, 0.15) is 11.6 Å². The third-order valence-corrected chi connectivity index (χ3v) is 5.85. The molecular weight excluding hydrogens is 378 g/mol. The fraction of sp³-hybridized carbons (Fsp3) is 0.417. The second kappa shape index (κ2) is 8.88. The Kier molecular flexibility index (Phi) is 6.04. The summed E-state index contributed by atoms with van der Waals surface area (Å²) in [7, 11) is 1.66. The van der Waals surface area contributed by atoms with E-state index in [-0.39, 0.29) is 5.97 Å². The molecule has 158 valence electrons. The molecule has 4 rings (SSSR count). The van der Waals surface area contributed by atoms with E-state index in [2.05, 4.69) is 16.0 Å². The predicted molar refractivity (Wildman–Crippen MR) is 116 cm³/mol. The number of imidazole rings is 1. The highest BCUT2D eigenvalue weighted by Crippen LogP contribution is 2.36. The van der Waals surface area contributed by atoms with E-state index in [0.29, 0.717) is 26.1 Å². The number of hydrogen-bond acceptors (Lipinski definition) is 5. The van der Waals surface area contributed by atoms with E-state index in [0.717, 1.165) is 47.6 Å². The van der Waals surface area contributed by atoms with Gasteiger partial charge in [-0.05, 0) is 62.6 Å². The number of rotatable bonds is 7. The first-order valence-electron chi connectivity index (χ1n) is 10.6. The van der Waals surface area contributed by atoms with Crippen LogP contribution in [0.5, 0.6) is 5.75 Å². The van der Waals surface area contributed by atoms with Crippen molar-refractivity contribution in [3.8, 4) is 5.75 Å². The molecule has 0 saturated carbocycles. The first-order valence-corrected chi connectivity index (χ1v) is 10.6. The van der Waals surface area contributed by atoms with Crippen LogP contribution in [0.1, 0.15) is 31.2 Å². The van der Waals surface area contributed by atoms with Crippen molar-refractivity contribution in [2.75, 3.05) is 26.8 Å². The number of ether oxygens (including phenoxy) is 2. The zero-order valence-electron chi connectivity index (χ0n) is 17.7. The molecule has 30 heavy (non-hydrogen) atoms. The highest BCUT2D eigenvalue weighted by molar-refractivity contribution is 5.78. The molecule has 1 fully saturated rings. The van der Waals surface area contributed by atoms with Gasteiger partial charge in [-0.15, -0.1) is 0 Å². The smallest absolute Gasteiger partial charge is 0.313 e. The van der Waals surface area contributed by atoms with Crippen molar-refractivity contribution in [2.24, 2.45) is 5.41 Å². The van der Waals surface area contributed by atoms with Gasteiger partial charge in [0.05, 0.1) is 36.7 Å². The molecule has 2 aromatic carbocycles. The van der Waals surface area contributed by atoms with Crippen molar-refractivity contribution >= 4 is 17.0 Å². The first kappa shape index (κ1) is 20.4. The van der Waals surface area contributed by atoms with Crippen molar-refractivity contribution in [3.05, 3.63) is 59.9 Å². The lowest BCUT2D eigenvalue weighted by atomic mass is 9.75. The maximum absolute atomic E-state index is 13.1. The van der Waals surface area contributed by atoms with Crippen molar-refractivity contribution in [3.63, 3.8) is 0 Å². The fourth-order valence-corrected chi connectivity index (χ4v) is 4.49. The van der Waals surface area contributed by atoms with Crippen LogP contribution in [0.15, 0.2) is 48.5 Å². The maximum Gasteiger partial charge on any atom is 0.313 e. The Labute approximate surface area is 177 Å². The number of fused-ring (bicyclic) bond motifs is 1. The molecule has 1 saturated heterocycles. The summed E-state index contributed by atoms with van der Waals surface area (Å²) in [5.41, 5.74) is 2.54. The van der Waals surface area contributed by atoms with Crippen LogP contribution in [0.25, 0.3) is 11.0 Å². The Morgan fingerprint density at radius 2 is 2.10 bits per heavy atom. The number of nitrogens with zero attached hydrogens (tertiary/aromatic N) is 2. The molecular formula is C24H29N3O3. The number of likely N-dealkylation sites (tertiary alicyclic amines) is 1. The number of benzene rings is 2. The second-order valence-corrected chi connectivity index (χ2v) is 8.04. The van der Waals surface area contributed by atoms with Crippen LogP contribution >= 0.6 is 0 Å². The lowest BCUT2D eigenvalue weighted by Crippen LogP contribution is -2.49. The maximum atomic E-state index is 13.1. The Hall–Kier alpha value is -2.86. The molecule has 6 nitrogen and oxygen atoms in total. The summed E-state index contributed by atoms with van der Waals surface area (Å²) in [6.07, 6.45) is 2.41. The summed E-state index contributed by atoms with van der Waals surface area (Å²) in [4.78, 5) is 23.5. The standard InChI is InChI=1S/C24H29N3O3/c1-3-30-23(28)24(15-18-8-6-9-19(14-18)29-2)12-7-13-27(17-24)16-22-25-20-10-4-5-11-21(20)26-22/h4-6,8-11,14H,3,7,12-13,15-17H2,1-2H3,(H,25,26)/t24-/m0/s1. The molecule has 0 bridgehead atoms. The predicted octanol–water partition coefficient (Wildman–Crippen LogP) is 3.96. The highest BCUT2D eigenvalue weighted by atomic mass is 16.5. The van der Waals surface area contributed by atoms with Gasteiger partial charge in [-0.1, -0.05) is 24.3 Å². The van der Waals surface area contributed by atoms with Gasteiger partial charge in [0.15, 0.2) is 0 Å². The van der Waals surface area contributed by atoms with Gasteiger partial charge < -0.3 is 14.5 Å². The molecule has 0 aliphatic carbocycles. The van der Waals surface area contributed by atoms with Gasteiger partial charge in [-0.3, -0.25) is 9.69 Å². The Morgan fingerprint density at radius 3 is 2.90 bits per heavy atom. The average Bonchev–Trinajstić information content (AvgIpc) is 3.16. The Balaban J connectivity index is 1.56. The van der Waals surface area contributed by atoms with Crippen LogP contribution in [-0.2, 0) is 22.5 Å². The summed E-state index contributed by atoms with van der Waals surface area (Å²) in [6.45, 7) is 4.54. The van der Waals surface area contributed by atoms with Crippen molar-refractivity contribution in [1.82, 2.24) is 14.9 Å². The summed E-state index contributed by atoms with van der Waals surface area (Å²) < 4.78 is 10.9. The number of nitrogens with one attached hydrogen (secondary N) is 1. The van der Waals surface area contributed by atoms with Gasteiger partial charge in [-0.25, -0.2) is 4.98 Å². The lowest BCUT2D eigenvalue weighted by Gasteiger charge is -2.41. The molecule has 1 atom stereocenters. The van der Waals surface area contributed by atoms with Crippen LogP contribution in [0.4, 0.5) is 0 Å². The lowest BCUT2D eigenvalue weighted by molar-refractivity contribution is -0.159. The van der Waals surface area contributed by atoms with Crippen LogP contribution in [0, 0.1) is 5.41 Å². The number of carbonyl (C=O) groups is 1. The van der Waals surface area contributed by atoms with Crippen molar-refractivity contribution < 1.29 is 14.3 Å². The molecule has 0 spiro atoms. The number of aromatic nitrogens is 2. The monoisotopic (exact) mass is 407 g/mol. The summed E-state index contributed by atoms with van der Waals surface area (Å²) >= 11 is 0. The minimum Gasteiger partial charge on any atom is -0.497 e. The quantitative estimate of drug-likeness (QED) is 0.601. The number of H-pyrrole nitrogens is 1. The molecule has 1 N–H and O–H groups in total. The molecule has 0 radical (unpaired) electrons. The van der Waals surface area contributed by atoms with E-state index in [9.17, 15) is 4.79 Å². The molecule has 6 heteroatoms. The number of carbonyl (C=O) groups excluding carboxylic acids is 1. The van der Waals surface area contributed by atoms with Gasteiger partial charge in [0.2, 0.25) is 0 Å². The van der Waals surface area contributed by atoms with Crippen LogP contribution in [-0.4, -0.2) is 47.6 Å². The fourth-order valence-electron chi connectivity index (χ4n) is 4.49. The number of aromatic amines is 1. The summed E-state index contributed by atoms with van der Waals surface area (Å²) in [5.74, 6) is 1.63. The molecule has 3 aromatic rings. The topological polar surface area (TPSA) is 67.5 Å². The highest BCUT2D eigenvalue weighted by Gasteiger charge is 2.43. The molecule has 0 unspecified atom stereocenters. The van der Waals surface area contributed by atoms with E-state index in [4.69, 9.17) is 14.5 Å². The third kappa shape index (κ3) is 4.33. The van der Waals surface area contributed by atoms with E-state index in [1.165, 1.54) is 0 Å². The number of hydrogen-bond donors (Lipinski definition) is 1.